The van der Waals surface area contributed by atoms with Crippen LogP contribution in [0.3, 0.4) is 0 Å². The van der Waals surface area contributed by atoms with Crippen molar-refractivity contribution >= 4 is 28.6 Å². The third kappa shape index (κ3) is 2.30. The third-order valence-electron chi connectivity index (χ3n) is 1.58. The van der Waals surface area contributed by atoms with Crippen molar-refractivity contribution < 1.29 is 5.11 Å². The van der Waals surface area contributed by atoms with Gasteiger partial charge in [0.2, 0.25) is 0 Å². The molecule has 1 aliphatic rings. The lowest BCUT2D eigenvalue weighted by atomic mass is 9.97. The van der Waals surface area contributed by atoms with Gasteiger partial charge in [-0.05, 0) is 0 Å². The first-order chi connectivity index (χ1) is 4.69. The zero-order valence-electron chi connectivity index (χ0n) is 5.90. The molecule has 0 aliphatic heterocycles. The Balaban J connectivity index is 0.000001000. The van der Waals surface area contributed by atoms with E-state index >= 15 is 0 Å². The maximum Gasteiger partial charge on any atom is 0.104 e. The van der Waals surface area contributed by atoms with Gasteiger partial charge in [-0.3, -0.25) is 0 Å². The van der Waals surface area contributed by atoms with Crippen LogP contribution >= 0.6 is 28.6 Å². The summed E-state index contributed by atoms with van der Waals surface area (Å²) in [4.78, 5) is -0.783. The monoisotopic (exact) mass is 239 g/mol. The predicted molar refractivity (Wildman–Crippen MR) is 52.2 cm³/mol. The molecule has 3 N–H and O–H groups in total. The van der Waals surface area contributed by atoms with E-state index in [1.165, 1.54) is 0 Å². The fourth-order valence-electron chi connectivity index (χ4n) is 0.832. The molecular formula is C7H11BrClNO. The second-order valence-electron chi connectivity index (χ2n) is 2.32. The van der Waals surface area contributed by atoms with Crippen LogP contribution in [0.1, 0.15) is 0 Å². The predicted octanol–water partition coefficient (Wildman–Crippen LogP) is 0.988. The van der Waals surface area contributed by atoms with Gasteiger partial charge in [-0.2, -0.15) is 0 Å². The summed E-state index contributed by atoms with van der Waals surface area (Å²) in [7, 11) is 0. The highest BCUT2D eigenvalue weighted by molar-refractivity contribution is 8.93. The highest BCUT2D eigenvalue weighted by atomic mass is 79.9. The first kappa shape index (κ1) is 11.2. The number of hydrogen-bond acceptors (Lipinski definition) is 2. The normalized spacial score (nSPS) is 35.0. The van der Waals surface area contributed by atoms with Gasteiger partial charge in [0.15, 0.2) is 0 Å². The topological polar surface area (TPSA) is 46.2 Å². The number of aliphatic hydroxyl groups is 1. The Morgan fingerprint density at radius 2 is 2.18 bits per heavy atom. The summed E-state index contributed by atoms with van der Waals surface area (Å²) >= 11 is 5.90. The smallest absolute Gasteiger partial charge is 0.104 e. The van der Waals surface area contributed by atoms with Crippen molar-refractivity contribution in [1.82, 2.24) is 0 Å². The lowest BCUT2D eigenvalue weighted by molar-refractivity contribution is 0.191. The molecule has 0 heterocycles. The number of allylic oxidation sites excluding steroid dienone is 2. The lowest BCUT2D eigenvalue weighted by Gasteiger charge is -2.27. The lowest BCUT2D eigenvalue weighted by Crippen LogP contribution is -2.41. The molecule has 4 heteroatoms. The molecule has 1 rings (SSSR count). The molecule has 0 fully saturated rings. The van der Waals surface area contributed by atoms with Crippen LogP contribution in [0.25, 0.3) is 0 Å². The molecule has 0 saturated carbocycles. The summed E-state index contributed by atoms with van der Waals surface area (Å²) < 4.78 is 0. The van der Waals surface area contributed by atoms with Crippen molar-refractivity contribution in [1.29, 1.82) is 0 Å². The number of aliphatic hydroxyl groups excluding tert-OH is 1. The molecule has 0 aromatic rings. The van der Waals surface area contributed by atoms with E-state index in [1.807, 2.05) is 0 Å². The minimum absolute atomic E-state index is 0. The van der Waals surface area contributed by atoms with Crippen LogP contribution in [0.2, 0.25) is 0 Å². The molecule has 1 aliphatic carbocycles. The second kappa shape index (κ2) is 4.26. The Labute approximate surface area is 81.5 Å². The largest absolute Gasteiger partial charge is 0.387 e. The van der Waals surface area contributed by atoms with Crippen LogP contribution in [0.5, 0.6) is 0 Å². The van der Waals surface area contributed by atoms with Crippen molar-refractivity contribution in [2.75, 3.05) is 6.54 Å². The van der Waals surface area contributed by atoms with Crippen molar-refractivity contribution in [3.8, 4) is 0 Å². The van der Waals surface area contributed by atoms with E-state index in [-0.39, 0.29) is 23.5 Å². The van der Waals surface area contributed by atoms with Crippen LogP contribution in [0.4, 0.5) is 0 Å². The van der Waals surface area contributed by atoms with E-state index in [4.69, 9.17) is 17.3 Å². The van der Waals surface area contributed by atoms with Gasteiger partial charge in [0.05, 0.1) is 6.10 Å². The van der Waals surface area contributed by atoms with E-state index in [2.05, 4.69) is 0 Å². The summed E-state index contributed by atoms with van der Waals surface area (Å²) in [5.41, 5.74) is 5.35. The molecule has 0 radical (unpaired) electrons. The molecular weight excluding hydrogens is 229 g/mol. The van der Waals surface area contributed by atoms with Gasteiger partial charge in [0.25, 0.3) is 0 Å². The van der Waals surface area contributed by atoms with E-state index in [0.717, 1.165) is 0 Å². The summed E-state index contributed by atoms with van der Waals surface area (Å²) in [6.45, 7) is 0.247. The molecule has 2 atom stereocenters. The van der Waals surface area contributed by atoms with Gasteiger partial charge in [-0.25, -0.2) is 0 Å². The van der Waals surface area contributed by atoms with Crippen molar-refractivity contribution in [2.24, 2.45) is 5.73 Å². The quantitative estimate of drug-likeness (QED) is 0.672. The van der Waals surface area contributed by atoms with Crippen LogP contribution in [0.15, 0.2) is 24.3 Å². The fraction of sp³-hybridized carbons (Fsp3) is 0.429. The maximum atomic E-state index is 9.28. The first-order valence-corrected chi connectivity index (χ1v) is 3.50. The summed E-state index contributed by atoms with van der Waals surface area (Å²) in [5, 5.41) is 9.28. The standard InChI is InChI=1S/C7H10ClNO.BrH/c8-7(5-9)4-2-1-3-6(7)10;/h1-4,6,10H,5,9H2;1H. The Hall–Kier alpha value is 0.170. The highest BCUT2D eigenvalue weighted by Crippen LogP contribution is 2.24. The Morgan fingerprint density at radius 3 is 2.55 bits per heavy atom. The molecule has 0 aromatic heterocycles. The number of halogens is 2. The first-order valence-electron chi connectivity index (χ1n) is 3.12. The number of nitrogens with two attached hydrogens (primary N) is 1. The second-order valence-corrected chi connectivity index (χ2v) is 3.02. The van der Waals surface area contributed by atoms with Gasteiger partial charge >= 0.3 is 0 Å². The average molecular weight is 241 g/mol. The zero-order valence-corrected chi connectivity index (χ0v) is 8.37. The van der Waals surface area contributed by atoms with Gasteiger partial charge in [-0.15, -0.1) is 28.6 Å². The van der Waals surface area contributed by atoms with Gasteiger partial charge in [0.1, 0.15) is 4.87 Å². The van der Waals surface area contributed by atoms with Crippen LogP contribution in [-0.4, -0.2) is 22.6 Å². The Morgan fingerprint density at radius 1 is 1.55 bits per heavy atom. The van der Waals surface area contributed by atoms with Crippen LogP contribution in [-0.2, 0) is 0 Å². The Kier molecular flexibility index (Phi) is 4.32. The summed E-state index contributed by atoms with van der Waals surface area (Å²) in [6.07, 6.45) is 6.20. The molecule has 0 amide bonds. The van der Waals surface area contributed by atoms with Gasteiger partial charge in [-0.1, -0.05) is 24.3 Å². The number of alkyl halides is 1. The highest BCUT2D eigenvalue weighted by Gasteiger charge is 2.30. The molecule has 0 aromatic carbocycles. The minimum Gasteiger partial charge on any atom is -0.387 e. The van der Waals surface area contributed by atoms with Gasteiger partial charge in [0, 0.05) is 6.54 Å². The van der Waals surface area contributed by atoms with Gasteiger partial charge < -0.3 is 10.8 Å². The van der Waals surface area contributed by atoms with Crippen molar-refractivity contribution in [3.63, 3.8) is 0 Å². The van der Waals surface area contributed by atoms with E-state index in [1.54, 1.807) is 24.3 Å². The molecule has 0 spiro atoms. The number of rotatable bonds is 1. The minimum atomic E-state index is -0.783. The molecule has 11 heavy (non-hydrogen) atoms. The van der Waals surface area contributed by atoms with Crippen molar-refractivity contribution in [3.05, 3.63) is 24.3 Å². The van der Waals surface area contributed by atoms with Crippen molar-refractivity contribution in [2.45, 2.75) is 11.0 Å². The SMILES string of the molecule is Br.NCC1(Cl)C=CC=CC1O. The molecule has 0 bridgehead atoms. The number of hydrogen-bond donors (Lipinski definition) is 2. The molecule has 0 saturated heterocycles. The zero-order chi connectivity index (χ0) is 7.61. The maximum absolute atomic E-state index is 9.28. The van der Waals surface area contributed by atoms with Crippen LogP contribution < -0.4 is 5.73 Å². The third-order valence-corrected chi connectivity index (χ3v) is 2.09. The summed E-state index contributed by atoms with van der Waals surface area (Å²) in [5.74, 6) is 0. The molecule has 2 unspecified atom stereocenters. The molecule has 2 nitrogen and oxygen atoms in total. The average Bonchev–Trinajstić information content (AvgIpc) is 1.96. The van der Waals surface area contributed by atoms with E-state index in [0.29, 0.717) is 0 Å². The van der Waals surface area contributed by atoms with E-state index in [9.17, 15) is 5.11 Å². The van der Waals surface area contributed by atoms with Crippen LogP contribution in [0, 0.1) is 0 Å². The van der Waals surface area contributed by atoms with E-state index < -0.39 is 11.0 Å². The Bertz CT molecular complexity index is 183. The summed E-state index contributed by atoms with van der Waals surface area (Å²) in [6, 6.07) is 0. The fourth-order valence-corrected chi connectivity index (χ4v) is 0.978. The molecule has 64 valence electrons.